The van der Waals surface area contributed by atoms with E-state index in [1.165, 1.54) is 16.6 Å². The molecule has 3 rings (SSSR count). The van der Waals surface area contributed by atoms with Gasteiger partial charge in [0.25, 0.3) is 0 Å². The molecule has 1 aliphatic carbocycles. The van der Waals surface area contributed by atoms with Crippen molar-refractivity contribution in [1.29, 1.82) is 0 Å². The molecular formula is C11H12BrN3. The molecule has 15 heavy (non-hydrogen) atoms. The van der Waals surface area contributed by atoms with Crippen LogP contribution in [0.4, 0.5) is 0 Å². The van der Waals surface area contributed by atoms with E-state index in [0.717, 1.165) is 29.5 Å². The number of aromatic amines is 1. The van der Waals surface area contributed by atoms with Crippen LogP contribution in [-0.2, 0) is 12.8 Å². The Kier molecular flexibility index (Phi) is 2.07. The highest BCUT2D eigenvalue weighted by molar-refractivity contribution is 9.10. The first-order chi connectivity index (χ1) is 7.24. The lowest BCUT2D eigenvalue weighted by molar-refractivity contribution is 0.574. The molecule has 1 aliphatic rings. The van der Waals surface area contributed by atoms with Gasteiger partial charge in [-0.2, -0.15) is 0 Å². The van der Waals surface area contributed by atoms with Crippen molar-refractivity contribution in [1.82, 2.24) is 9.97 Å². The van der Waals surface area contributed by atoms with Crippen LogP contribution in [0.3, 0.4) is 0 Å². The summed E-state index contributed by atoms with van der Waals surface area (Å²) in [6, 6.07) is 4.40. The Morgan fingerprint density at radius 3 is 3.20 bits per heavy atom. The maximum absolute atomic E-state index is 5.99. The van der Waals surface area contributed by atoms with Gasteiger partial charge in [0.1, 0.15) is 10.3 Å². The van der Waals surface area contributed by atoms with Crippen molar-refractivity contribution >= 4 is 27.0 Å². The molecule has 1 atom stereocenters. The quantitative estimate of drug-likeness (QED) is 0.718. The monoisotopic (exact) mass is 265 g/mol. The molecule has 2 aromatic rings. The number of aromatic nitrogens is 2. The standard InChI is InChI=1S/C11H12BrN3/c12-10-4-2-7-8-5-6(13)1-3-9(8)14-11(7)15-10/h2,4,6H,1,3,5,13H2,(H,14,15). The highest BCUT2D eigenvalue weighted by Gasteiger charge is 2.20. The molecule has 0 saturated heterocycles. The fourth-order valence-corrected chi connectivity index (χ4v) is 2.61. The molecule has 3 nitrogen and oxygen atoms in total. The summed E-state index contributed by atoms with van der Waals surface area (Å²) in [4.78, 5) is 7.81. The van der Waals surface area contributed by atoms with Gasteiger partial charge in [-0.05, 0) is 52.9 Å². The van der Waals surface area contributed by atoms with Crippen LogP contribution >= 0.6 is 15.9 Å². The van der Waals surface area contributed by atoms with Crippen molar-refractivity contribution in [2.45, 2.75) is 25.3 Å². The van der Waals surface area contributed by atoms with Gasteiger partial charge in [0.2, 0.25) is 0 Å². The summed E-state index contributed by atoms with van der Waals surface area (Å²) in [6.07, 6.45) is 3.09. The molecule has 2 aromatic heterocycles. The third kappa shape index (κ3) is 1.48. The summed E-state index contributed by atoms with van der Waals surface area (Å²) in [5, 5.41) is 1.23. The summed E-state index contributed by atoms with van der Waals surface area (Å²) in [7, 11) is 0. The van der Waals surface area contributed by atoms with E-state index >= 15 is 0 Å². The van der Waals surface area contributed by atoms with Gasteiger partial charge in [0.05, 0.1) is 0 Å². The summed E-state index contributed by atoms with van der Waals surface area (Å²) in [5.41, 5.74) is 9.64. The molecule has 0 aromatic carbocycles. The zero-order valence-corrected chi connectivity index (χ0v) is 9.84. The zero-order valence-electron chi connectivity index (χ0n) is 8.26. The summed E-state index contributed by atoms with van der Waals surface area (Å²) in [5.74, 6) is 0. The predicted molar refractivity (Wildman–Crippen MR) is 63.8 cm³/mol. The Hall–Kier alpha value is -0.870. The van der Waals surface area contributed by atoms with Crippen molar-refractivity contribution in [3.05, 3.63) is 28.0 Å². The van der Waals surface area contributed by atoms with E-state index in [-0.39, 0.29) is 0 Å². The number of nitrogens with two attached hydrogens (primary N) is 1. The Morgan fingerprint density at radius 2 is 2.33 bits per heavy atom. The molecule has 4 heteroatoms. The second kappa shape index (κ2) is 3.32. The van der Waals surface area contributed by atoms with Gasteiger partial charge < -0.3 is 10.7 Å². The summed E-state index contributed by atoms with van der Waals surface area (Å²) >= 11 is 3.38. The van der Waals surface area contributed by atoms with Crippen LogP contribution < -0.4 is 5.73 Å². The average molecular weight is 266 g/mol. The van der Waals surface area contributed by atoms with Crippen molar-refractivity contribution in [3.63, 3.8) is 0 Å². The molecule has 0 radical (unpaired) electrons. The zero-order chi connectivity index (χ0) is 10.4. The van der Waals surface area contributed by atoms with Gasteiger partial charge >= 0.3 is 0 Å². The van der Waals surface area contributed by atoms with Gasteiger partial charge in [-0.25, -0.2) is 4.98 Å². The fraction of sp³-hybridized carbons (Fsp3) is 0.364. The maximum Gasteiger partial charge on any atom is 0.139 e. The normalized spacial score (nSPS) is 20.5. The highest BCUT2D eigenvalue weighted by atomic mass is 79.9. The van der Waals surface area contributed by atoms with E-state index in [4.69, 9.17) is 5.73 Å². The molecule has 78 valence electrons. The van der Waals surface area contributed by atoms with E-state index in [1.807, 2.05) is 6.07 Å². The lowest BCUT2D eigenvalue weighted by Crippen LogP contribution is -2.27. The van der Waals surface area contributed by atoms with Crippen LogP contribution in [0.25, 0.3) is 11.0 Å². The largest absolute Gasteiger partial charge is 0.343 e. The molecule has 0 saturated carbocycles. The minimum absolute atomic E-state index is 0.306. The van der Waals surface area contributed by atoms with Crippen LogP contribution in [0.2, 0.25) is 0 Å². The van der Waals surface area contributed by atoms with Crippen molar-refractivity contribution in [3.8, 4) is 0 Å². The van der Waals surface area contributed by atoms with E-state index < -0.39 is 0 Å². The molecule has 0 amide bonds. The third-order valence-corrected chi connectivity index (χ3v) is 3.49. The summed E-state index contributed by atoms with van der Waals surface area (Å²) < 4.78 is 0.873. The SMILES string of the molecule is NC1CCc2[nH]c3nc(Br)ccc3c2C1. The third-order valence-electron chi connectivity index (χ3n) is 3.05. The smallest absolute Gasteiger partial charge is 0.139 e. The van der Waals surface area contributed by atoms with Crippen LogP contribution in [0.15, 0.2) is 16.7 Å². The van der Waals surface area contributed by atoms with E-state index in [1.54, 1.807) is 0 Å². The maximum atomic E-state index is 5.99. The Morgan fingerprint density at radius 1 is 1.47 bits per heavy atom. The Labute approximate surface area is 96.2 Å². The van der Waals surface area contributed by atoms with Gasteiger partial charge in [-0.3, -0.25) is 0 Å². The number of fused-ring (bicyclic) bond motifs is 3. The number of pyridine rings is 1. The Balaban J connectivity index is 2.24. The van der Waals surface area contributed by atoms with Crippen LogP contribution in [-0.4, -0.2) is 16.0 Å². The lowest BCUT2D eigenvalue weighted by Gasteiger charge is -2.17. The fourth-order valence-electron chi connectivity index (χ4n) is 2.30. The van der Waals surface area contributed by atoms with Crippen LogP contribution in [0, 0.1) is 0 Å². The number of nitrogens with one attached hydrogen (secondary N) is 1. The number of hydrogen-bond acceptors (Lipinski definition) is 2. The molecular weight excluding hydrogens is 254 g/mol. The number of aryl methyl sites for hydroxylation is 1. The first-order valence-electron chi connectivity index (χ1n) is 5.15. The number of rotatable bonds is 0. The number of H-pyrrole nitrogens is 1. The van der Waals surface area contributed by atoms with Gasteiger partial charge in [-0.1, -0.05) is 0 Å². The second-order valence-corrected chi connectivity index (χ2v) is 4.93. The second-order valence-electron chi connectivity index (χ2n) is 4.12. The van der Waals surface area contributed by atoms with Gasteiger partial charge in [0, 0.05) is 17.1 Å². The van der Waals surface area contributed by atoms with E-state index in [9.17, 15) is 0 Å². The molecule has 1 unspecified atom stereocenters. The van der Waals surface area contributed by atoms with Crippen LogP contribution in [0.5, 0.6) is 0 Å². The van der Waals surface area contributed by atoms with Crippen molar-refractivity contribution in [2.75, 3.05) is 0 Å². The van der Waals surface area contributed by atoms with Crippen molar-refractivity contribution in [2.24, 2.45) is 5.73 Å². The molecule has 0 bridgehead atoms. The van der Waals surface area contributed by atoms with E-state index in [2.05, 4.69) is 32.0 Å². The Bertz CT molecular complexity index is 518. The van der Waals surface area contributed by atoms with Crippen molar-refractivity contribution < 1.29 is 0 Å². The van der Waals surface area contributed by atoms with Crippen LogP contribution in [0.1, 0.15) is 17.7 Å². The number of hydrogen-bond donors (Lipinski definition) is 2. The minimum atomic E-state index is 0.306. The van der Waals surface area contributed by atoms with Gasteiger partial charge in [0.15, 0.2) is 0 Å². The first-order valence-corrected chi connectivity index (χ1v) is 5.95. The molecule has 0 fully saturated rings. The highest BCUT2D eigenvalue weighted by Crippen LogP contribution is 2.28. The van der Waals surface area contributed by atoms with E-state index in [0.29, 0.717) is 6.04 Å². The molecule has 0 spiro atoms. The lowest BCUT2D eigenvalue weighted by atomic mass is 9.92. The molecule has 2 heterocycles. The molecule has 0 aliphatic heterocycles. The first kappa shape index (κ1) is 9.36. The number of halogens is 1. The summed E-state index contributed by atoms with van der Waals surface area (Å²) in [6.45, 7) is 0. The predicted octanol–water partition coefficient (Wildman–Crippen LogP) is 2.14. The average Bonchev–Trinajstić information content (AvgIpc) is 2.54. The van der Waals surface area contributed by atoms with Gasteiger partial charge in [-0.15, -0.1) is 0 Å². The number of nitrogens with zero attached hydrogens (tertiary/aromatic N) is 1. The minimum Gasteiger partial charge on any atom is -0.343 e. The topological polar surface area (TPSA) is 54.7 Å². The molecule has 3 N–H and O–H groups in total.